The van der Waals surface area contributed by atoms with Crippen molar-refractivity contribution in [2.45, 2.75) is 13.3 Å². The van der Waals surface area contributed by atoms with E-state index in [2.05, 4.69) is 0 Å². The monoisotopic (exact) mass is 216 g/mol. The van der Waals surface area contributed by atoms with Crippen molar-refractivity contribution in [2.75, 3.05) is 0 Å². The van der Waals surface area contributed by atoms with Crippen LogP contribution in [0.4, 0.5) is 0 Å². The molecule has 0 saturated carbocycles. The van der Waals surface area contributed by atoms with Crippen molar-refractivity contribution in [1.29, 1.82) is 0 Å². The Bertz CT molecular complexity index is 440. The summed E-state index contributed by atoms with van der Waals surface area (Å²) < 4.78 is 0. The fraction of sp³-hybridized carbons (Fsp3) is 0.154. The summed E-state index contributed by atoms with van der Waals surface area (Å²) in [6.07, 6.45) is 0.497. The van der Waals surface area contributed by atoms with E-state index in [0.717, 1.165) is 11.1 Å². The summed E-state index contributed by atoms with van der Waals surface area (Å²) in [7, 11) is 0. The zero-order valence-electron chi connectivity index (χ0n) is 8.57. The summed E-state index contributed by atoms with van der Waals surface area (Å²) in [5, 5.41) is 3.83. The van der Waals surface area contributed by atoms with Crippen LogP contribution in [0.1, 0.15) is 21.5 Å². The third kappa shape index (κ3) is 2.54. The standard InChI is InChI=1S/C13H12OS/c1-10-2-4-11(5-3-10)8-13(14)12-6-7-15-9-12/h2-7,9H,8H2,1H3. The van der Waals surface area contributed by atoms with Crippen LogP contribution >= 0.6 is 11.3 Å². The normalized spacial score (nSPS) is 10.2. The number of hydrogen-bond acceptors (Lipinski definition) is 2. The van der Waals surface area contributed by atoms with Crippen molar-refractivity contribution in [1.82, 2.24) is 0 Å². The first kappa shape index (κ1) is 10.1. The molecule has 0 bridgehead atoms. The highest BCUT2D eigenvalue weighted by atomic mass is 32.1. The SMILES string of the molecule is Cc1ccc(CC(=O)c2ccsc2)cc1. The van der Waals surface area contributed by atoms with Crippen LogP contribution in [0.2, 0.25) is 0 Å². The number of ketones is 1. The van der Waals surface area contributed by atoms with E-state index < -0.39 is 0 Å². The molecule has 0 amide bonds. The first-order chi connectivity index (χ1) is 7.25. The molecule has 1 heterocycles. The van der Waals surface area contributed by atoms with Crippen LogP contribution in [0.5, 0.6) is 0 Å². The molecule has 0 atom stereocenters. The van der Waals surface area contributed by atoms with Crippen LogP contribution in [-0.4, -0.2) is 5.78 Å². The number of hydrogen-bond donors (Lipinski definition) is 0. The molecule has 0 unspecified atom stereocenters. The molecule has 2 rings (SSSR count). The second-order valence-electron chi connectivity index (χ2n) is 3.60. The Hall–Kier alpha value is -1.41. The number of carbonyl (C=O) groups excluding carboxylic acids is 1. The van der Waals surface area contributed by atoms with Crippen molar-refractivity contribution in [2.24, 2.45) is 0 Å². The van der Waals surface area contributed by atoms with Crippen LogP contribution in [0.15, 0.2) is 41.1 Å². The fourth-order valence-corrected chi connectivity index (χ4v) is 2.08. The summed E-state index contributed by atoms with van der Waals surface area (Å²) in [6.45, 7) is 2.05. The van der Waals surface area contributed by atoms with E-state index in [9.17, 15) is 4.79 Å². The van der Waals surface area contributed by atoms with Crippen LogP contribution < -0.4 is 0 Å². The predicted octanol–water partition coefficient (Wildman–Crippen LogP) is 3.48. The minimum atomic E-state index is 0.195. The molecule has 0 aliphatic heterocycles. The molecule has 76 valence electrons. The third-order valence-electron chi connectivity index (χ3n) is 2.33. The lowest BCUT2D eigenvalue weighted by molar-refractivity contribution is 0.0993. The Morgan fingerprint density at radius 1 is 1.20 bits per heavy atom. The van der Waals surface area contributed by atoms with Gasteiger partial charge >= 0.3 is 0 Å². The van der Waals surface area contributed by atoms with Gasteiger partial charge in [0.05, 0.1) is 0 Å². The Morgan fingerprint density at radius 3 is 2.53 bits per heavy atom. The molecule has 0 aliphatic rings. The van der Waals surface area contributed by atoms with E-state index in [-0.39, 0.29) is 5.78 Å². The molecular weight excluding hydrogens is 204 g/mol. The van der Waals surface area contributed by atoms with Gasteiger partial charge < -0.3 is 0 Å². The second kappa shape index (κ2) is 4.41. The van der Waals surface area contributed by atoms with E-state index in [1.807, 2.05) is 48.0 Å². The molecule has 0 radical (unpaired) electrons. The fourth-order valence-electron chi connectivity index (χ4n) is 1.42. The van der Waals surface area contributed by atoms with E-state index in [4.69, 9.17) is 0 Å². The maximum atomic E-state index is 11.8. The van der Waals surface area contributed by atoms with Gasteiger partial charge in [-0.3, -0.25) is 4.79 Å². The third-order valence-corrected chi connectivity index (χ3v) is 3.01. The maximum Gasteiger partial charge on any atom is 0.168 e. The Morgan fingerprint density at radius 2 is 1.93 bits per heavy atom. The minimum absolute atomic E-state index is 0.195. The number of rotatable bonds is 3. The Labute approximate surface area is 93.4 Å². The Kier molecular flexibility index (Phi) is 2.97. The number of thiophene rings is 1. The average Bonchev–Trinajstić information content (AvgIpc) is 2.74. The van der Waals surface area contributed by atoms with Crippen LogP contribution in [-0.2, 0) is 6.42 Å². The highest BCUT2D eigenvalue weighted by Gasteiger charge is 2.06. The molecule has 1 nitrogen and oxygen atoms in total. The van der Waals surface area contributed by atoms with Gasteiger partial charge in [-0.15, -0.1) is 0 Å². The van der Waals surface area contributed by atoms with Crippen LogP contribution in [0.25, 0.3) is 0 Å². The van der Waals surface area contributed by atoms with Crippen molar-refractivity contribution in [3.05, 3.63) is 57.8 Å². The molecule has 15 heavy (non-hydrogen) atoms. The summed E-state index contributed by atoms with van der Waals surface area (Å²) in [5.74, 6) is 0.195. The van der Waals surface area contributed by atoms with Gasteiger partial charge in [-0.2, -0.15) is 11.3 Å². The number of aryl methyl sites for hydroxylation is 1. The lowest BCUT2D eigenvalue weighted by Gasteiger charge is -1.99. The average molecular weight is 216 g/mol. The molecule has 1 aromatic carbocycles. The topological polar surface area (TPSA) is 17.1 Å². The molecule has 0 saturated heterocycles. The van der Waals surface area contributed by atoms with E-state index in [0.29, 0.717) is 6.42 Å². The Balaban J connectivity index is 2.09. The number of benzene rings is 1. The highest BCUT2D eigenvalue weighted by molar-refractivity contribution is 7.08. The first-order valence-corrected chi connectivity index (χ1v) is 5.81. The lowest BCUT2D eigenvalue weighted by atomic mass is 10.0. The molecule has 0 spiro atoms. The molecule has 0 fully saturated rings. The van der Waals surface area contributed by atoms with E-state index in [1.165, 1.54) is 5.56 Å². The maximum absolute atomic E-state index is 11.8. The minimum Gasteiger partial charge on any atom is -0.294 e. The lowest BCUT2D eigenvalue weighted by Crippen LogP contribution is -2.01. The summed E-state index contributed by atoms with van der Waals surface area (Å²) in [4.78, 5) is 11.8. The number of Topliss-reactive ketones (excluding diaryl/α,β-unsaturated/α-hetero) is 1. The van der Waals surface area contributed by atoms with Gasteiger partial charge in [-0.05, 0) is 23.9 Å². The largest absolute Gasteiger partial charge is 0.294 e. The summed E-state index contributed by atoms with van der Waals surface area (Å²) in [5.41, 5.74) is 3.12. The summed E-state index contributed by atoms with van der Waals surface area (Å²) >= 11 is 1.56. The van der Waals surface area contributed by atoms with Gasteiger partial charge in [-0.25, -0.2) is 0 Å². The molecular formula is C13H12OS. The second-order valence-corrected chi connectivity index (χ2v) is 4.38. The van der Waals surface area contributed by atoms with Crippen molar-refractivity contribution in [3.63, 3.8) is 0 Å². The van der Waals surface area contributed by atoms with E-state index >= 15 is 0 Å². The summed E-state index contributed by atoms with van der Waals surface area (Å²) in [6, 6.07) is 9.98. The highest BCUT2D eigenvalue weighted by Crippen LogP contribution is 2.11. The van der Waals surface area contributed by atoms with Crippen molar-refractivity contribution >= 4 is 17.1 Å². The molecule has 2 heteroatoms. The van der Waals surface area contributed by atoms with Gasteiger partial charge in [0.25, 0.3) is 0 Å². The first-order valence-electron chi connectivity index (χ1n) is 4.86. The molecule has 1 aromatic heterocycles. The van der Waals surface area contributed by atoms with E-state index in [1.54, 1.807) is 11.3 Å². The van der Waals surface area contributed by atoms with Crippen molar-refractivity contribution < 1.29 is 4.79 Å². The zero-order valence-corrected chi connectivity index (χ0v) is 9.38. The predicted molar refractivity (Wildman–Crippen MR) is 63.5 cm³/mol. The quantitative estimate of drug-likeness (QED) is 0.718. The number of carbonyl (C=O) groups is 1. The van der Waals surface area contributed by atoms with Gasteiger partial charge in [0.15, 0.2) is 5.78 Å². The zero-order chi connectivity index (χ0) is 10.7. The van der Waals surface area contributed by atoms with Gasteiger partial charge in [0.1, 0.15) is 0 Å². The van der Waals surface area contributed by atoms with Crippen molar-refractivity contribution in [3.8, 4) is 0 Å². The molecule has 0 N–H and O–H groups in total. The van der Waals surface area contributed by atoms with Crippen LogP contribution in [0, 0.1) is 6.92 Å². The molecule has 2 aromatic rings. The van der Waals surface area contributed by atoms with Gasteiger partial charge in [0, 0.05) is 17.4 Å². The van der Waals surface area contributed by atoms with Gasteiger partial charge in [-0.1, -0.05) is 29.8 Å². The van der Waals surface area contributed by atoms with Crippen LogP contribution in [0.3, 0.4) is 0 Å². The van der Waals surface area contributed by atoms with Gasteiger partial charge in [0.2, 0.25) is 0 Å². The molecule has 0 aliphatic carbocycles. The smallest absolute Gasteiger partial charge is 0.168 e.